The van der Waals surface area contributed by atoms with Gasteiger partial charge in [0.25, 0.3) is 5.91 Å². The fraction of sp³-hybridized carbons (Fsp3) is 0.280. The second kappa shape index (κ2) is 9.20. The molecule has 174 valence electrons. The summed E-state index contributed by atoms with van der Waals surface area (Å²) in [6, 6.07) is 7.86. The number of nitrogens with zero attached hydrogens (tertiary/aromatic N) is 4. The second-order valence-electron chi connectivity index (χ2n) is 8.16. The Morgan fingerprint density at radius 3 is 2.94 bits per heavy atom. The Balaban J connectivity index is 1.51. The Morgan fingerprint density at radius 1 is 1.24 bits per heavy atom. The Kier molecular flexibility index (Phi) is 5.95. The highest BCUT2D eigenvalue weighted by atomic mass is 16.5. The zero-order valence-corrected chi connectivity index (χ0v) is 19.3. The minimum Gasteiger partial charge on any atom is -0.381 e. The number of fused-ring (bicyclic) bond motifs is 2. The monoisotopic (exact) mass is 457 g/mol. The molecule has 0 fully saturated rings. The molecule has 4 aromatic rings. The number of nitrogens with two attached hydrogens (primary N) is 1. The molecule has 9 nitrogen and oxygen atoms in total. The predicted molar refractivity (Wildman–Crippen MR) is 131 cm³/mol. The fourth-order valence-corrected chi connectivity index (χ4v) is 4.41. The molecular formula is C25H27N7O2. The molecule has 34 heavy (non-hydrogen) atoms. The minimum atomic E-state index is -0.133. The van der Waals surface area contributed by atoms with Gasteiger partial charge < -0.3 is 25.7 Å². The van der Waals surface area contributed by atoms with Crippen molar-refractivity contribution in [2.24, 2.45) is 12.8 Å². The normalized spacial score (nSPS) is 12.7. The lowest BCUT2D eigenvalue weighted by molar-refractivity contribution is 0.0966. The maximum Gasteiger partial charge on any atom is 0.254 e. The number of anilines is 2. The summed E-state index contributed by atoms with van der Waals surface area (Å²) >= 11 is 0. The summed E-state index contributed by atoms with van der Waals surface area (Å²) in [5.41, 5.74) is 12.5. The van der Waals surface area contributed by atoms with Crippen molar-refractivity contribution in [3.63, 3.8) is 0 Å². The van der Waals surface area contributed by atoms with Gasteiger partial charge in [-0.25, -0.2) is 9.97 Å². The third-order valence-corrected chi connectivity index (χ3v) is 6.10. The quantitative estimate of drug-likeness (QED) is 0.348. The molecule has 0 bridgehead atoms. The van der Waals surface area contributed by atoms with Gasteiger partial charge in [-0.3, -0.25) is 9.78 Å². The van der Waals surface area contributed by atoms with E-state index in [2.05, 4.69) is 20.6 Å². The van der Waals surface area contributed by atoms with Crippen LogP contribution in [0.25, 0.3) is 22.3 Å². The van der Waals surface area contributed by atoms with Gasteiger partial charge in [0, 0.05) is 55.7 Å². The van der Waals surface area contributed by atoms with Crippen LogP contribution >= 0.6 is 0 Å². The van der Waals surface area contributed by atoms with E-state index in [1.807, 2.05) is 49.0 Å². The SMILES string of the molecule is CCOCCc1ccc(Nc2cnc(-c3ccnc4c3ccn4C)c3c2C(=O)NC3)nc1CN. The first-order chi connectivity index (χ1) is 16.6. The van der Waals surface area contributed by atoms with E-state index in [4.69, 9.17) is 15.5 Å². The predicted octanol–water partition coefficient (Wildman–Crippen LogP) is 3.06. The maximum absolute atomic E-state index is 12.8. The van der Waals surface area contributed by atoms with Crippen molar-refractivity contribution in [2.45, 2.75) is 26.4 Å². The highest BCUT2D eigenvalue weighted by Crippen LogP contribution is 2.36. The molecule has 5 heterocycles. The van der Waals surface area contributed by atoms with Gasteiger partial charge in [0.05, 0.1) is 35.4 Å². The van der Waals surface area contributed by atoms with E-state index in [0.29, 0.717) is 43.4 Å². The average Bonchev–Trinajstić information content (AvgIpc) is 3.43. The molecular weight excluding hydrogens is 430 g/mol. The molecule has 1 aliphatic heterocycles. The molecule has 1 aliphatic rings. The first-order valence-corrected chi connectivity index (χ1v) is 11.3. The van der Waals surface area contributed by atoms with Gasteiger partial charge in [-0.05, 0) is 37.1 Å². The first kappa shape index (κ1) is 22.0. The van der Waals surface area contributed by atoms with Crippen LogP contribution < -0.4 is 16.4 Å². The van der Waals surface area contributed by atoms with Crippen molar-refractivity contribution in [3.05, 3.63) is 65.2 Å². The summed E-state index contributed by atoms with van der Waals surface area (Å²) in [7, 11) is 1.96. The lowest BCUT2D eigenvalue weighted by Crippen LogP contribution is -2.14. The molecule has 0 unspecified atom stereocenters. The number of amides is 1. The summed E-state index contributed by atoms with van der Waals surface area (Å²) in [4.78, 5) is 26.7. The molecule has 9 heteroatoms. The topological polar surface area (TPSA) is 120 Å². The average molecular weight is 458 g/mol. The zero-order valence-electron chi connectivity index (χ0n) is 19.3. The van der Waals surface area contributed by atoms with Crippen LogP contribution in [0.1, 0.15) is 34.1 Å². The van der Waals surface area contributed by atoms with E-state index < -0.39 is 0 Å². The van der Waals surface area contributed by atoms with Crippen molar-refractivity contribution in [1.82, 2.24) is 24.8 Å². The highest BCUT2D eigenvalue weighted by molar-refractivity contribution is 6.06. The molecule has 5 rings (SSSR count). The van der Waals surface area contributed by atoms with Crippen LogP contribution in [-0.4, -0.2) is 38.6 Å². The molecule has 0 atom stereocenters. The third-order valence-electron chi connectivity index (χ3n) is 6.10. The number of hydrogen-bond acceptors (Lipinski definition) is 7. The van der Waals surface area contributed by atoms with Crippen molar-refractivity contribution >= 4 is 28.4 Å². The van der Waals surface area contributed by atoms with E-state index in [9.17, 15) is 4.79 Å². The van der Waals surface area contributed by atoms with Crippen LogP contribution in [0, 0.1) is 0 Å². The van der Waals surface area contributed by atoms with Gasteiger partial charge in [0.15, 0.2) is 0 Å². The third kappa shape index (κ3) is 3.89. The van der Waals surface area contributed by atoms with Gasteiger partial charge in [0.1, 0.15) is 11.5 Å². The summed E-state index contributed by atoms with van der Waals surface area (Å²) in [6.07, 6.45) is 6.19. The molecule has 0 saturated heterocycles. The maximum atomic E-state index is 12.8. The van der Waals surface area contributed by atoms with Gasteiger partial charge in [-0.1, -0.05) is 6.07 Å². The Bertz CT molecular complexity index is 1380. The summed E-state index contributed by atoms with van der Waals surface area (Å²) < 4.78 is 7.43. The molecule has 0 aromatic carbocycles. The van der Waals surface area contributed by atoms with Crippen molar-refractivity contribution in [2.75, 3.05) is 18.5 Å². The smallest absolute Gasteiger partial charge is 0.254 e. The van der Waals surface area contributed by atoms with Crippen LogP contribution in [0.5, 0.6) is 0 Å². The summed E-state index contributed by atoms with van der Waals surface area (Å²) in [5, 5.41) is 7.22. The zero-order chi connectivity index (χ0) is 23.7. The Hall–Kier alpha value is -3.82. The summed E-state index contributed by atoms with van der Waals surface area (Å²) in [5.74, 6) is 0.485. The fourth-order valence-electron chi connectivity index (χ4n) is 4.41. The molecule has 0 aliphatic carbocycles. The van der Waals surface area contributed by atoms with Gasteiger partial charge in [-0.15, -0.1) is 0 Å². The number of carbonyl (C=O) groups excluding carboxylic acids is 1. The molecule has 0 saturated carbocycles. The molecule has 0 spiro atoms. The Labute approximate surface area is 197 Å². The van der Waals surface area contributed by atoms with Crippen molar-refractivity contribution in [3.8, 4) is 11.3 Å². The number of carbonyl (C=O) groups is 1. The number of ether oxygens (including phenoxy) is 1. The van der Waals surface area contributed by atoms with Gasteiger partial charge in [0.2, 0.25) is 0 Å². The van der Waals surface area contributed by atoms with Crippen LogP contribution in [-0.2, 0) is 31.3 Å². The van der Waals surface area contributed by atoms with Crippen molar-refractivity contribution < 1.29 is 9.53 Å². The lowest BCUT2D eigenvalue weighted by atomic mass is 10.0. The van der Waals surface area contributed by atoms with Crippen LogP contribution in [0.15, 0.2) is 42.9 Å². The van der Waals surface area contributed by atoms with Gasteiger partial charge >= 0.3 is 0 Å². The van der Waals surface area contributed by atoms with E-state index in [1.54, 1.807) is 12.4 Å². The highest BCUT2D eigenvalue weighted by Gasteiger charge is 2.28. The van der Waals surface area contributed by atoms with Crippen LogP contribution in [0.3, 0.4) is 0 Å². The summed E-state index contributed by atoms with van der Waals surface area (Å²) in [6.45, 7) is 4.01. The van der Waals surface area contributed by atoms with E-state index in [1.165, 1.54) is 0 Å². The number of rotatable bonds is 8. The Morgan fingerprint density at radius 2 is 2.12 bits per heavy atom. The lowest BCUT2D eigenvalue weighted by Gasteiger charge is -2.14. The standard InChI is InChI=1S/C25H27N7O2/c1-3-34-11-8-15-4-5-21(30-19(15)12-26)31-20-14-28-23(18-13-29-25(33)22(18)20)16-6-9-27-24-17(16)7-10-32(24)2/h4-7,9-10,14H,3,8,11-13,26H2,1-2H3,(H,29,33)(H,30,31). The number of hydrogen-bond donors (Lipinski definition) is 3. The second-order valence-corrected chi connectivity index (χ2v) is 8.16. The number of nitrogens with one attached hydrogen (secondary N) is 2. The minimum absolute atomic E-state index is 0.133. The number of aryl methyl sites for hydroxylation is 1. The van der Waals surface area contributed by atoms with E-state index in [0.717, 1.165) is 45.5 Å². The van der Waals surface area contributed by atoms with Gasteiger partial charge in [-0.2, -0.15) is 0 Å². The first-order valence-electron chi connectivity index (χ1n) is 11.3. The van der Waals surface area contributed by atoms with E-state index in [-0.39, 0.29) is 5.91 Å². The van der Waals surface area contributed by atoms with Crippen LogP contribution in [0.4, 0.5) is 11.5 Å². The molecule has 4 aromatic heterocycles. The molecule has 0 radical (unpaired) electrons. The number of aromatic nitrogens is 4. The number of pyridine rings is 3. The van der Waals surface area contributed by atoms with Crippen LogP contribution in [0.2, 0.25) is 0 Å². The largest absolute Gasteiger partial charge is 0.381 e. The molecule has 4 N–H and O–H groups in total. The van der Waals surface area contributed by atoms with Crippen molar-refractivity contribution in [1.29, 1.82) is 0 Å². The van der Waals surface area contributed by atoms with E-state index >= 15 is 0 Å². The molecule has 1 amide bonds.